The largest absolute Gasteiger partial charge is 0.478 e. The lowest BCUT2D eigenvalue weighted by molar-refractivity contribution is -0.121. The van der Waals surface area contributed by atoms with Gasteiger partial charge in [0.15, 0.2) is 0 Å². The van der Waals surface area contributed by atoms with Gasteiger partial charge in [-0.15, -0.1) is 0 Å². The van der Waals surface area contributed by atoms with Gasteiger partial charge in [0.2, 0.25) is 5.91 Å². The van der Waals surface area contributed by atoms with Gasteiger partial charge in [-0.2, -0.15) is 0 Å². The highest BCUT2D eigenvalue weighted by molar-refractivity contribution is 5.87. The molecule has 0 heterocycles. The number of hydrogen-bond donors (Lipinski definition) is 2. The first-order valence-electron chi connectivity index (χ1n) is 5.71. The summed E-state index contributed by atoms with van der Waals surface area (Å²) in [4.78, 5) is 22.0. The van der Waals surface area contributed by atoms with E-state index in [2.05, 4.69) is 5.32 Å². The van der Waals surface area contributed by atoms with Crippen LogP contribution in [0.5, 0.6) is 0 Å². The maximum atomic E-state index is 11.4. The van der Waals surface area contributed by atoms with Crippen LogP contribution in [0.2, 0.25) is 0 Å². The van der Waals surface area contributed by atoms with Crippen molar-refractivity contribution in [2.45, 2.75) is 19.4 Å². The van der Waals surface area contributed by atoms with Crippen LogP contribution in [-0.2, 0) is 16.1 Å². The third kappa shape index (κ3) is 4.97. The molecule has 0 saturated heterocycles. The Hall–Kier alpha value is -1.88. The summed E-state index contributed by atoms with van der Waals surface area (Å²) in [5, 5.41) is 11.5. The van der Waals surface area contributed by atoms with Crippen LogP contribution in [0, 0.1) is 0 Å². The van der Waals surface area contributed by atoms with Crippen molar-refractivity contribution < 1.29 is 19.4 Å². The zero-order valence-corrected chi connectivity index (χ0v) is 10.3. The molecule has 0 atom stereocenters. The molecule has 2 N–H and O–H groups in total. The first kappa shape index (κ1) is 14.2. The Kier molecular flexibility index (Phi) is 5.87. The topological polar surface area (TPSA) is 75.6 Å². The third-order valence-electron chi connectivity index (χ3n) is 2.44. The maximum absolute atomic E-state index is 11.4. The van der Waals surface area contributed by atoms with Crippen LogP contribution in [-0.4, -0.2) is 30.7 Å². The highest BCUT2D eigenvalue weighted by Crippen LogP contribution is 2.04. The first-order valence-corrected chi connectivity index (χ1v) is 5.71. The van der Waals surface area contributed by atoms with E-state index in [-0.39, 0.29) is 11.5 Å². The lowest BCUT2D eigenvalue weighted by atomic mass is 10.1. The number of nitrogens with one attached hydrogen (secondary N) is 1. The molecule has 0 aliphatic heterocycles. The third-order valence-corrected chi connectivity index (χ3v) is 2.44. The number of carboxylic acids is 1. The minimum atomic E-state index is -0.954. The number of amides is 1. The molecule has 1 amide bonds. The SMILES string of the molecule is COCCCC(=O)NCc1ccc(C(=O)O)cc1. The average molecular weight is 251 g/mol. The van der Waals surface area contributed by atoms with Crippen LogP contribution in [0.4, 0.5) is 0 Å². The number of carbonyl (C=O) groups excluding carboxylic acids is 1. The van der Waals surface area contributed by atoms with Crippen LogP contribution in [0.25, 0.3) is 0 Å². The number of rotatable bonds is 7. The normalized spacial score (nSPS) is 10.1. The smallest absolute Gasteiger partial charge is 0.335 e. The molecule has 98 valence electrons. The number of benzene rings is 1. The van der Waals surface area contributed by atoms with Crippen molar-refractivity contribution in [1.82, 2.24) is 5.32 Å². The van der Waals surface area contributed by atoms with Crippen molar-refractivity contribution in [3.8, 4) is 0 Å². The van der Waals surface area contributed by atoms with Crippen molar-refractivity contribution >= 4 is 11.9 Å². The lowest BCUT2D eigenvalue weighted by Gasteiger charge is -2.05. The molecule has 1 aromatic rings. The second kappa shape index (κ2) is 7.45. The molecule has 0 spiro atoms. The number of carboxylic acid groups (broad SMARTS) is 1. The van der Waals surface area contributed by atoms with Gasteiger partial charge in [0.1, 0.15) is 0 Å². The van der Waals surface area contributed by atoms with Gasteiger partial charge in [-0.3, -0.25) is 4.79 Å². The van der Waals surface area contributed by atoms with Crippen molar-refractivity contribution in [2.24, 2.45) is 0 Å². The maximum Gasteiger partial charge on any atom is 0.335 e. The van der Waals surface area contributed by atoms with Crippen molar-refractivity contribution in [1.29, 1.82) is 0 Å². The Balaban J connectivity index is 2.34. The summed E-state index contributed by atoms with van der Waals surface area (Å²) in [5.74, 6) is -0.987. The van der Waals surface area contributed by atoms with E-state index in [0.29, 0.717) is 26.0 Å². The van der Waals surface area contributed by atoms with Gasteiger partial charge in [-0.05, 0) is 24.1 Å². The number of methoxy groups -OCH3 is 1. The van der Waals surface area contributed by atoms with Gasteiger partial charge in [0.25, 0.3) is 0 Å². The predicted octanol–water partition coefficient (Wildman–Crippen LogP) is 1.43. The van der Waals surface area contributed by atoms with Crippen LogP contribution >= 0.6 is 0 Å². The second-order valence-corrected chi connectivity index (χ2v) is 3.88. The Morgan fingerprint density at radius 3 is 2.50 bits per heavy atom. The molecule has 0 unspecified atom stereocenters. The average Bonchev–Trinajstić information content (AvgIpc) is 2.37. The molecule has 1 aromatic carbocycles. The Morgan fingerprint density at radius 1 is 1.28 bits per heavy atom. The number of hydrogen-bond acceptors (Lipinski definition) is 3. The lowest BCUT2D eigenvalue weighted by Crippen LogP contribution is -2.22. The van der Waals surface area contributed by atoms with E-state index in [1.54, 1.807) is 19.2 Å². The highest BCUT2D eigenvalue weighted by Gasteiger charge is 2.03. The minimum Gasteiger partial charge on any atom is -0.478 e. The summed E-state index contributed by atoms with van der Waals surface area (Å²) >= 11 is 0. The van der Waals surface area contributed by atoms with Crippen molar-refractivity contribution in [3.05, 3.63) is 35.4 Å². The van der Waals surface area contributed by atoms with E-state index < -0.39 is 5.97 Å². The van der Waals surface area contributed by atoms with E-state index in [1.165, 1.54) is 12.1 Å². The summed E-state index contributed by atoms with van der Waals surface area (Å²) in [6.07, 6.45) is 1.13. The van der Waals surface area contributed by atoms with Gasteiger partial charge in [0.05, 0.1) is 5.56 Å². The van der Waals surface area contributed by atoms with E-state index in [9.17, 15) is 9.59 Å². The molecule has 0 aliphatic rings. The molecule has 0 fully saturated rings. The van der Waals surface area contributed by atoms with Crippen molar-refractivity contribution in [2.75, 3.05) is 13.7 Å². The van der Waals surface area contributed by atoms with E-state index >= 15 is 0 Å². The number of carbonyl (C=O) groups is 2. The predicted molar refractivity (Wildman–Crippen MR) is 66.4 cm³/mol. The fourth-order valence-corrected chi connectivity index (χ4v) is 1.43. The molecule has 5 nitrogen and oxygen atoms in total. The van der Waals surface area contributed by atoms with E-state index in [4.69, 9.17) is 9.84 Å². The molecular weight excluding hydrogens is 234 g/mol. The highest BCUT2D eigenvalue weighted by atomic mass is 16.5. The molecule has 1 rings (SSSR count). The summed E-state index contributed by atoms with van der Waals surface area (Å²) in [7, 11) is 1.60. The molecular formula is C13H17NO4. The van der Waals surface area contributed by atoms with Crippen LogP contribution in [0.1, 0.15) is 28.8 Å². The van der Waals surface area contributed by atoms with Gasteiger partial charge in [-0.25, -0.2) is 4.79 Å². The Morgan fingerprint density at radius 2 is 1.94 bits per heavy atom. The van der Waals surface area contributed by atoms with Crippen LogP contribution < -0.4 is 5.32 Å². The summed E-state index contributed by atoms with van der Waals surface area (Å²) < 4.78 is 4.85. The first-order chi connectivity index (χ1) is 8.63. The molecule has 0 bridgehead atoms. The summed E-state index contributed by atoms with van der Waals surface area (Å²) in [6.45, 7) is 0.979. The zero-order chi connectivity index (χ0) is 13.4. The van der Waals surface area contributed by atoms with Gasteiger partial charge >= 0.3 is 5.97 Å². The molecule has 18 heavy (non-hydrogen) atoms. The quantitative estimate of drug-likeness (QED) is 0.719. The van der Waals surface area contributed by atoms with E-state index in [1.807, 2.05) is 0 Å². The summed E-state index contributed by atoms with van der Waals surface area (Å²) in [6, 6.07) is 6.43. The van der Waals surface area contributed by atoms with Crippen LogP contribution in [0.15, 0.2) is 24.3 Å². The fourth-order valence-electron chi connectivity index (χ4n) is 1.43. The van der Waals surface area contributed by atoms with Crippen LogP contribution in [0.3, 0.4) is 0 Å². The van der Waals surface area contributed by atoms with Gasteiger partial charge in [0, 0.05) is 26.7 Å². The zero-order valence-electron chi connectivity index (χ0n) is 10.3. The Bertz CT molecular complexity index is 400. The van der Waals surface area contributed by atoms with Crippen molar-refractivity contribution in [3.63, 3.8) is 0 Å². The fraction of sp³-hybridized carbons (Fsp3) is 0.385. The van der Waals surface area contributed by atoms with Gasteiger partial charge < -0.3 is 15.2 Å². The second-order valence-electron chi connectivity index (χ2n) is 3.88. The number of ether oxygens (including phenoxy) is 1. The molecule has 0 aliphatic carbocycles. The monoisotopic (exact) mass is 251 g/mol. The molecule has 5 heteroatoms. The number of aromatic carboxylic acids is 1. The van der Waals surface area contributed by atoms with E-state index in [0.717, 1.165) is 5.56 Å². The standard InChI is InChI=1S/C13H17NO4/c1-18-8-2-3-12(15)14-9-10-4-6-11(7-5-10)13(16)17/h4-7H,2-3,8-9H2,1H3,(H,14,15)(H,16,17). The minimum absolute atomic E-state index is 0.0330. The van der Waals surface area contributed by atoms with Gasteiger partial charge in [-0.1, -0.05) is 12.1 Å². The molecule has 0 aromatic heterocycles. The molecule has 0 saturated carbocycles. The molecule has 0 radical (unpaired) electrons. The summed E-state index contributed by atoms with van der Waals surface area (Å²) in [5.41, 5.74) is 1.12. The Labute approximate surface area is 106 Å².